The summed E-state index contributed by atoms with van der Waals surface area (Å²) in [6.07, 6.45) is -3.95. The average molecular weight is 340 g/mol. The molecule has 2 rings (SSSR count). The van der Waals surface area contributed by atoms with Crippen LogP contribution in [0.25, 0.3) is 0 Å². The molecular formula is C18H23F3N2O. The van der Waals surface area contributed by atoms with Gasteiger partial charge < -0.3 is 10.2 Å². The third-order valence-electron chi connectivity index (χ3n) is 4.34. The van der Waals surface area contributed by atoms with Crippen LogP contribution in [0.15, 0.2) is 35.4 Å². The van der Waals surface area contributed by atoms with E-state index in [1.165, 1.54) is 6.07 Å². The minimum Gasteiger partial charge on any atom is -0.362 e. The number of amides is 1. The Morgan fingerprint density at radius 1 is 1.25 bits per heavy atom. The highest BCUT2D eigenvalue weighted by molar-refractivity contribution is 5.97. The van der Waals surface area contributed by atoms with Gasteiger partial charge in [-0.3, -0.25) is 4.79 Å². The summed E-state index contributed by atoms with van der Waals surface area (Å²) in [6, 6.07) is 5.06. The monoisotopic (exact) mass is 340 g/mol. The molecule has 132 valence electrons. The molecule has 0 radical (unpaired) electrons. The second kappa shape index (κ2) is 6.87. The molecule has 0 aromatic heterocycles. The van der Waals surface area contributed by atoms with Crippen molar-refractivity contribution in [1.82, 2.24) is 4.90 Å². The molecule has 1 N–H and O–H groups in total. The Balaban J connectivity index is 2.23. The maximum atomic E-state index is 12.9. The van der Waals surface area contributed by atoms with Crippen LogP contribution in [0.4, 0.5) is 18.9 Å². The van der Waals surface area contributed by atoms with Crippen LogP contribution in [0, 0.1) is 5.92 Å². The fourth-order valence-corrected chi connectivity index (χ4v) is 2.70. The van der Waals surface area contributed by atoms with Crippen LogP contribution >= 0.6 is 0 Å². The molecule has 6 heteroatoms. The van der Waals surface area contributed by atoms with E-state index in [1.807, 2.05) is 6.92 Å². The Morgan fingerprint density at radius 3 is 2.50 bits per heavy atom. The van der Waals surface area contributed by atoms with Crippen LogP contribution < -0.4 is 5.32 Å². The molecule has 1 amide bonds. The number of halogens is 3. The Morgan fingerprint density at radius 2 is 1.92 bits per heavy atom. The third kappa shape index (κ3) is 3.91. The first-order chi connectivity index (χ1) is 11.1. The van der Waals surface area contributed by atoms with Gasteiger partial charge in [-0.15, -0.1) is 0 Å². The normalized spacial score (nSPS) is 18.8. The molecule has 3 nitrogen and oxygen atoms in total. The zero-order valence-corrected chi connectivity index (χ0v) is 14.4. The van der Waals surface area contributed by atoms with E-state index in [4.69, 9.17) is 0 Å². The lowest BCUT2D eigenvalue weighted by molar-refractivity contribution is -0.137. The number of benzene rings is 1. The predicted octanol–water partition coefficient (Wildman–Crippen LogP) is 4.67. The zero-order chi connectivity index (χ0) is 18.1. The summed E-state index contributed by atoms with van der Waals surface area (Å²) in [5.41, 5.74) is 1.15. The van der Waals surface area contributed by atoms with Gasteiger partial charge in [-0.25, -0.2) is 0 Å². The van der Waals surface area contributed by atoms with E-state index in [0.29, 0.717) is 23.7 Å². The van der Waals surface area contributed by atoms with Crippen LogP contribution in [-0.2, 0) is 11.0 Å². The Labute approximate surface area is 140 Å². The number of anilines is 1. The average Bonchev–Trinajstić information content (AvgIpc) is 2.69. The van der Waals surface area contributed by atoms with E-state index in [0.717, 1.165) is 24.1 Å². The summed E-state index contributed by atoms with van der Waals surface area (Å²) in [5, 5.41) is 3.08. The molecule has 0 saturated heterocycles. The van der Waals surface area contributed by atoms with Crippen molar-refractivity contribution in [2.75, 3.05) is 11.9 Å². The lowest BCUT2D eigenvalue weighted by Crippen LogP contribution is -2.41. The molecular weight excluding hydrogens is 317 g/mol. The second-order valence-corrected chi connectivity index (χ2v) is 6.61. The van der Waals surface area contributed by atoms with E-state index in [-0.39, 0.29) is 5.91 Å². The van der Waals surface area contributed by atoms with Crippen LogP contribution in [0.3, 0.4) is 0 Å². The number of hydrogen-bond donors (Lipinski definition) is 1. The van der Waals surface area contributed by atoms with Crippen LogP contribution in [0.2, 0.25) is 0 Å². The van der Waals surface area contributed by atoms with Gasteiger partial charge in [0.25, 0.3) is 5.91 Å². The zero-order valence-electron chi connectivity index (χ0n) is 14.4. The third-order valence-corrected chi connectivity index (χ3v) is 4.34. The smallest absolute Gasteiger partial charge is 0.362 e. The van der Waals surface area contributed by atoms with Gasteiger partial charge in [0.2, 0.25) is 0 Å². The predicted molar refractivity (Wildman–Crippen MR) is 88.4 cm³/mol. The maximum Gasteiger partial charge on any atom is 0.416 e. The summed E-state index contributed by atoms with van der Waals surface area (Å²) in [7, 11) is 0. The van der Waals surface area contributed by atoms with E-state index in [2.05, 4.69) is 19.2 Å². The van der Waals surface area contributed by atoms with E-state index in [1.54, 1.807) is 17.9 Å². The Kier molecular flexibility index (Phi) is 5.26. The minimum absolute atomic E-state index is 0.0578. The number of carbonyl (C=O) groups is 1. The topological polar surface area (TPSA) is 32.3 Å². The van der Waals surface area contributed by atoms with E-state index < -0.39 is 17.9 Å². The summed E-state index contributed by atoms with van der Waals surface area (Å²) in [5.74, 6) is 0.380. The van der Waals surface area contributed by atoms with Gasteiger partial charge in [0.05, 0.1) is 5.56 Å². The van der Waals surface area contributed by atoms with Crippen molar-refractivity contribution in [2.45, 2.75) is 46.5 Å². The first-order valence-electron chi connectivity index (χ1n) is 8.03. The molecule has 1 aromatic rings. The summed E-state index contributed by atoms with van der Waals surface area (Å²) < 4.78 is 38.6. The number of nitrogens with one attached hydrogen (secondary N) is 1. The van der Waals surface area contributed by atoms with Crippen molar-refractivity contribution in [3.8, 4) is 0 Å². The van der Waals surface area contributed by atoms with Crippen molar-refractivity contribution >= 4 is 11.6 Å². The highest BCUT2D eigenvalue weighted by Gasteiger charge is 2.35. The van der Waals surface area contributed by atoms with Crippen molar-refractivity contribution in [2.24, 2.45) is 5.92 Å². The second-order valence-electron chi connectivity index (χ2n) is 6.61. The quantitative estimate of drug-likeness (QED) is 0.845. The lowest BCUT2D eigenvalue weighted by Gasteiger charge is -2.29. The molecule has 1 heterocycles. The molecule has 0 saturated carbocycles. The molecule has 24 heavy (non-hydrogen) atoms. The number of carbonyl (C=O) groups excluding carboxylic acids is 1. The van der Waals surface area contributed by atoms with Gasteiger partial charge in [-0.05, 0) is 50.0 Å². The van der Waals surface area contributed by atoms with Gasteiger partial charge >= 0.3 is 6.18 Å². The summed E-state index contributed by atoms with van der Waals surface area (Å²) in [6.45, 7) is 8.31. The maximum absolute atomic E-state index is 12.9. The Bertz CT molecular complexity index is 650. The SMILES string of the molecule is CC1=C(C)[C@@H](Nc2cccc(C(F)(F)F)c2)N(CCC(C)C)C1=O. The van der Waals surface area contributed by atoms with Crippen LogP contribution in [-0.4, -0.2) is 23.5 Å². The molecule has 0 aliphatic carbocycles. The van der Waals surface area contributed by atoms with Gasteiger partial charge in [-0.2, -0.15) is 13.2 Å². The van der Waals surface area contributed by atoms with E-state index >= 15 is 0 Å². The first-order valence-corrected chi connectivity index (χ1v) is 8.03. The molecule has 1 aliphatic heterocycles. The van der Waals surface area contributed by atoms with Gasteiger partial charge in [0.1, 0.15) is 6.17 Å². The fourth-order valence-electron chi connectivity index (χ4n) is 2.70. The largest absolute Gasteiger partial charge is 0.416 e. The van der Waals surface area contributed by atoms with Gasteiger partial charge in [0.15, 0.2) is 0 Å². The first kappa shape index (κ1) is 18.4. The number of nitrogens with zero attached hydrogens (tertiary/aromatic N) is 1. The highest BCUT2D eigenvalue weighted by atomic mass is 19.4. The van der Waals surface area contributed by atoms with Crippen molar-refractivity contribution in [1.29, 1.82) is 0 Å². The van der Waals surface area contributed by atoms with Gasteiger partial charge in [-0.1, -0.05) is 19.9 Å². The summed E-state index contributed by atoms with van der Waals surface area (Å²) >= 11 is 0. The molecule has 1 aliphatic rings. The Hall–Kier alpha value is -1.98. The summed E-state index contributed by atoms with van der Waals surface area (Å²) in [4.78, 5) is 14.1. The number of alkyl halides is 3. The van der Waals surface area contributed by atoms with Crippen LogP contribution in [0.5, 0.6) is 0 Å². The van der Waals surface area contributed by atoms with Gasteiger partial charge in [0, 0.05) is 17.8 Å². The number of rotatable bonds is 5. The standard InChI is InChI=1S/C18H23F3N2O/c1-11(2)8-9-23-16(12(3)13(4)17(23)24)22-15-7-5-6-14(10-15)18(19,20)21/h5-7,10-11,16,22H,8-9H2,1-4H3/t16-/m0/s1. The molecule has 0 fully saturated rings. The van der Waals surface area contributed by atoms with Crippen molar-refractivity contribution in [3.05, 3.63) is 41.0 Å². The minimum atomic E-state index is -4.39. The lowest BCUT2D eigenvalue weighted by atomic mass is 10.1. The molecule has 0 unspecified atom stereocenters. The van der Waals surface area contributed by atoms with E-state index in [9.17, 15) is 18.0 Å². The van der Waals surface area contributed by atoms with Crippen LogP contribution in [0.1, 0.15) is 39.7 Å². The highest BCUT2D eigenvalue weighted by Crippen LogP contribution is 2.32. The molecule has 0 bridgehead atoms. The van der Waals surface area contributed by atoms with Crippen molar-refractivity contribution < 1.29 is 18.0 Å². The fraction of sp³-hybridized carbons (Fsp3) is 0.500. The molecule has 1 aromatic carbocycles. The number of hydrogen-bond acceptors (Lipinski definition) is 2. The van der Waals surface area contributed by atoms with Crippen molar-refractivity contribution in [3.63, 3.8) is 0 Å². The molecule has 0 spiro atoms. The molecule has 1 atom stereocenters.